The van der Waals surface area contributed by atoms with Gasteiger partial charge in [-0.2, -0.15) is 0 Å². The summed E-state index contributed by atoms with van der Waals surface area (Å²) < 4.78 is 5.63. The average Bonchev–Trinajstić information content (AvgIpc) is 2.87. The quantitative estimate of drug-likeness (QED) is 0.574. The minimum atomic E-state index is -1.32. The Morgan fingerprint density at radius 3 is 2.59 bits per heavy atom. The number of hydrogen-bond donors (Lipinski definition) is 1. The van der Waals surface area contributed by atoms with E-state index in [-0.39, 0.29) is 22.6 Å². The van der Waals surface area contributed by atoms with Crippen LogP contribution in [0.1, 0.15) is 79.1 Å². The van der Waals surface area contributed by atoms with Gasteiger partial charge in [0.15, 0.2) is 5.78 Å². The fourth-order valence-electron chi connectivity index (χ4n) is 7.46. The lowest BCUT2D eigenvalue weighted by molar-refractivity contribution is -0.265. The lowest BCUT2D eigenvalue weighted by atomic mass is 9.44. The number of carbonyl (C=O) groups is 2. The van der Waals surface area contributed by atoms with E-state index in [9.17, 15) is 14.7 Å². The number of carbonyl (C=O) groups excluding carboxylic acids is 2. The fraction of sp³-hybridized carbons (Fsp3) is 0.826. The minimum Gasteiger partial charge on any atom is -0.433 e. The van der Waals surface area contributed by atoms with Crippen LogP contribution in [0, 0.1) is 34.5 Å². The van der Waals surface area contributed by atoms with E-state index in [1.54, 1.807) is 6.92 Å². The largest absolute Gasteiger partial charge is 0.433 e. The van der Waals surface area contributed by atoms with E-state index in [0.717, 1.165) is 32.1 Å². The zero-order chi connectivity index (χ0) is 19.6. The van der Waals surface area contributed by atoms with Crippen molar-refractivity contribution in [2.45, 2.75) is 84.8 Å². The summed E-state index contributed by atoms with van der Waals surface area (Å²) in [5.41, 5.74) is 0.996. The SMILES string of the molecule is CCC(=O)O[C@]1(O)CC[C@H]2[C@@H]3CC[C@H]4CC(=O)C=C(C)[C@]4(C)[C@H]3CC[C@@]21C. The lowest BCUT2D eigenvalue weighted by Crippen LogP contribution is -2.57. The van der Waals surface area contributed by atoms with Crippen LogP contribution < -0.4 is 0 Å². The maximum Gasteiger partial charge on any atom is 0.308 e. The molecule has 0 unspecified atom stereocenters. The molecule has 0 aromatic carbocycles. The van der Waals surface area contributed by atoms with Crippen molar-refractivity contribution in [3.05, 3.63) is 11.6 Å². The molecule has 0 spiro atoms. The first-order chi connectivity index (χ1) is 12.7. The number of esters is 1. The predicted octanol–water partition coefficient (Wildman–Crippen LogP) is 4.41. The highest BCUT2D eigenvalue weighted by molar-refractivity contribution is 5.91. The second kappa shape index (κ2) is 6.17. The maximum absolute atomic E-state index is 12.1. The average molecular weight is 375 g/mol. The highest BCUT2D eigenvalue weighted by Crippen LogP contribution is 2.68. The molecule has 0 saturated heterocycles. The molecule has 150 valence electrons. The van der Waals surface area contributed by atoms with Gasteiger partial charge in [0.2, 0.25) is 5.79 Å². The van der Waals surface area contributed by atoms with Crippen LogP contribution in [0.5, 0.6) is 0 Å². The van der Waals surface area contributed by atoms with Crippen LogP contribution >= 0.6 is 0 Å². The van der Waals surface area contributed by atoms with Gasteiger partial charge in [0.05, 0.1) is 0 Å². The zero-order valence-electron chi connectivity index (χ0n) is 17.2. The molecule has 0 heterocycles. The van der Waals surface area contributed by atoms with Crippen LogP contribution in [-0.4, -0.2) is 22.6 Å². The van der Waals surface area contributed by atoms with Crippen LogP contribution in [0.15, 0.2) is 11.6 Å². The van der Waals surface area contributed by atoms with Crippen LogP contribution in [-0.2, 0) is 14.3 Å². The molecular formula is C23H34O4. The molecule has 0 amide bonds. The molecular weight excluding hydrogens is 340 g/mol. The molecule has 0 aromatic rings. The summed E-state index contributed by atoms with van der Waals surface area (Å²) in [6, 6.07) is 0. The number of hydrogen-bond acceptors (Lipinski definition) is 4. The summed E-state index contributed by atoms with van der Waals surface area (Å²) in [6.07, 6.45) is 8.50. The number of ether oxygens (including phenoxy) is 1. The molecule has 4 nitrogen and oxygen atoms in total. The number of rotatable bonds is 2. The van der Waals surface area contributed by atoms with Gasteiger partial charge in [-0.1, -0.05) is 26.3 Å². The molecule has 4 rings (SSSR count). The van der Waals surface area contributed by atoms with Crippen LogP contribution in [0.2, 0.25) is 0 Å². The third-order valence-electron chi connectivity index (χ3n) is 9.23. The smallest absolute Gasteiger partial charge is 0.308 e. The lowest BCUT2D eigenvalue weighted by Gasteiger charge is -2.60. The van der Waals surface area contributed by atoms with E-state index in [1.165, 1.54) is 5.57 Å². The molecule has 0 bridgehead atoms. The van der Waals surface area contributed by atoms with Gasteiger partial charge in [-0.25, -0.2) is 0 Å². The van der Waals surface area contributed by atoms with Crippen molar-refractivity contribution in [3.63, 3.8) is 0 Å². The Balaban J connectivity index is 1.66. The summed E-state index contributed by atoms with van der Waals surface area (Å²) in [6.45, 7) is 8.45. The standard InChI is InChI=1S/C23H34O4/c1-5-20(25)27-23(26)11-9-18-17-7-6-15-13-16(24)12-14(2)22(15,4)19(17)8-10-21(18,23)3/h12,15,17-19,26H,5-11,13H2,1-4H3/t15-,17-,18-,19-,21-,22-,23+/m0/s1. The van der Waals surface area contributed by atoms with Gasteiger partial charge >= 0.3 is 5.97 Å². The highest BCUT2D eigenvalue weighted by atomic mass is 16.7. The Morgan fingerprint density at radius 1 is 1.19 bits per heavy atom. The number of fused-ring (bicyclic) bond motifs is 5. The molecule has 0 aromatic heterocycles. The molecule has 27 heavy (non-hydrogen) atoms. The molecule has 3 fully saturated rings. The summed E-state index contributed by atoms with van der Waals surface area (Å²) in [5, 5.41) is 11.3. The molecule has 1 N–H and O–H groups in total. The molecule has 4 heteroatoms. The van der Waals surface area contributed by atoms with E-state index in [1.807, 2.05) is 6.08 Å². The summed E-state index contributed by atoms with van der Waals surface area (Å²) >= 11 is 0. The number of ketones is 1. The van der Waals surface area contributed by atoms with Crippen molar-refractivity contribution in [3.8, 4) is 0 Å². The fourth-order valence-corrected chi connectivity index (χ4v) is 7.46. The Morgan fingerprint density at radius 2 is 1.89 bits per heavy atom. The van der Waals surface area contributed by atoms with E-state index in [4.69, 9.17) is 4.74 Å². The molecule has 0 radical (unpaired) electrons. The Labute approximate surface area is 162 Å². The first kappa shape index (κ1) is 19.2. The van der Waals surface area contributed by atoms with Crippen molar-refractivity contribution in [2.24, 2.45) is 34.5 Å². The van der Waals surface area contributed by atoms with Crippen molar-refractivity contribution in [2.75, 3.05) is 0 Å². The second-order valence-electron chi connectivity index (χ2n) is 10.0. The normalized spacial score (nSPS) is 48.9. The Bertz CT molecular complexity index is 696. The molecule has 7 atom stereocenters. The number of allylic oxidation sites excluding steroid dienone is 2. The molecule has 4 aliphatic rings. The van der Waals surface area contributed by atoms with E-state index in [2.05, 4.69) is 20.8 Å². The van der Waals surface area contributed by atoms with Gasteiger partial charge < -0.3 is 9.84 Å². The van der Waals surface area contributed by atoms with Crippen LogP contribution in [0.4, 0.5) is 0 Å². The van der Waals surface area contributed by atoms with Crippen LogP contribution in [0.3, 0.4) is 0 Å². The van der Waals surface area contributed by atoms with Crippen molar-refractivity contribution in [1.82, 2.24) is 0 Å². The van der Waals surface area contributed by atoms with E-state index >= 15 is 0 Å². The third kappa shape index (κ3) is 2.51. The molecule has 0 aliphatic heterocycles. The molecule has 3 saturated carbocycles. The van der Waals surface area contributed by atoms with Gasteiger partial charge in [0.25, 0.3) is 0 Å². The number of aliphatic hydroxyl groups is 1. The van der Waals surface area contributed by atoms with Gasteiger partial charge in [-0.15, -0.1) is 0 Å². The van der Waals surface area contributed by atoms with Gasteiger partial charge in [-0.3, -0.25) is 9.59 Å². The van der Waals surface area contributed by atoms with Crippen LogP contribution in [0.25, 0.3) is 0 Å². The van der Waals surface area contributed by atoms with Gasteiger partial charge in [0.1, 0.15) is 0 Å². The Hall–Kier alpha value is -1.16. The summed E-state index contributed by atoms with van der Waals surface area (Å²) in [4.78, 5) is 24.1. The van der Waals surface area contributed by atoms with Crippen molar-refractivity contribution in [1.29, 1.82) is 0 Å². The highest BCUT2D eigenvalue weighted by Gasteiger charge is 2.66. The first-order valence-electron chi connectivity index (χ1n) is 10.8. The third-order valence-corrected chi connectivity index (χ3v) is 9.23. The molecule has 4 aliphatic carbocycles. The Kier molecular flexibility index (Phi) is 4.38. The zero-order valence-corrected chi connectivity index (χ0v) is 17.2. The topological polar surface area (TPSA) is 63.6 Å². The van der Waals surface area contributed by atoms with Gasteiger partial charge in [-0.05, 0) is 74.2 Å². The van der Waals surface area contributed by atoms with Gasteiger partial charge in [0, 0.05) is 24.7 Å². The first-order valence-corrected chi connectivity index (χ1v) is 10.8. The second-order valence-corrected chi connectivity index (χ2v) is 10.0. The predicted molar refractivity (Wildman–Crippen MR) is 103 cm³/mol. The monoisotopic (exact) mass is 374 g/mol. The van der Waals surface area contributed by atoms with Crippen molar-refractivity contribution >= 4 is 11.8 Å². The minimum absolute atomic E-state index is 0.0962. The summed E-state index contributed by atoms with van der Waals surface area (Å²) in [5.74, 6) is 0.602. The summed E-state index contributed by atoms with van der Waals surface area (Å²) in [7, 11) is 0. The maximum atomic E-state index is 12.1. The van der Waals surface area contributed by atoms with E-state index in [0.29, 0.717) is 42.9 Å². The van der Waals surface area contributed by atoms with E-state index < -0.39 is 5.79 Å². The van der Waals surface area contributed by atoms with Crippen molar-refractivity contribution < 1.29 is 19.4 Å².